The van der Waals surface area contributed by atoms with Crippen molar-refractivity contribution in [3.05, 3.63) is 0 Å². The van der Waals surface area contributed by atoms with Crippen molar-refractivity contribution in [2.45, 2.75) is 31.4 Å². The van der Waals surface area contributed by atoms with Crippen LogP contribution >= 0.6 is 0 Å². The van der Waals surface area contributed by atoms with E-state index in [0.717, 1.165) is 6.54 Å². The number of aliphatic hydroxyl groups is 1. The van der Waals surface area contributed by atoms with Crippen molar-refractivity contribution in [3.63, 3.8) is 0 Å². The zero-order valence-electron chi connectivity index (χ0n) is 13.2. The van der Waals surface area contributed by atoms with Gasteiger partial charge in [0.1, 0.15) is 0 Å². The zero-order valence-corrected chi connectivity index (χ0v) is 13.2. The summed E-state index contributed by atoms with van der Waals surface area (Å²) >= 11 is 0. The molecule has 0 radical (unpaired) electrons. The van der Waals surface area contributed by atoms with Crippen LogP contribution in [0.2, 0.25) is 0 Å². The van der Waals surface area contributed by atoms with Gasteiger partial charge in [0.15, 0.2) is 0 Å². The molecule has 0 spiro atoms. The van der Waals surface area contributed by atoms with E-state index in [0.29, 0.717) is 32.4 Å². The Bertz CT molecular complexity index is 349. The lowest BCUT2D eigenvalue weighted by Crippen LogP contribution is -2.43. The first-order valence-corrected chi connectivity index (χ1v) is 7.32. The van der Waals surface area contributed by atoms with Crippen molar-refractivity contribution in [2.24, 2.45) is 0 Å². The fraction of sp³-hybridized carbons (Fsp3) is 0.857. The van der Waals surface area contributed by atoms with Crippen LogP contribution in [0.3, 0.4) is 0 Å². The van der Waals surface area contributed by atoms with Crippen LogP contribution in [-0.4, -0.2) is 86.3 Å². The molecule has 2 unspecified atom stereocenters. The molecule has 7 heteroatoms. The van der Waals surface area contributed by atoms with Crippen LogP contribution in [0.15, 0.2) is 0 Å². The molecule has 0 aromatic rings. The Kier molecular flexibility index (Phi) is 7.63. The van der Waals surface area contributed by atoms with Crippen LogP contribution in [0.5, 0.6) is 0 Å². The van der Waals surface area contributed by atoms with Crippen LogP contribution in [0, 0.1) is 0 Å². The van der Waals surface area contributed by atoms with Gasteiger partial charge in [-0.2, -0.15) is 0 Å². The van der Waals surface area contributed by atoms with Crippen molar-refractivity contribution in [1.29, 1.82) is 0 Å². The van der Waals surface area contributed by atoms with Gasteiger partial charge in [-0.25, -0.2) is 0 Å². The quantitative estimate of drug-likeness (QED) is 0.444. The second-order valence-corrected chi connectivity index (χ2v) is 5.76. The number of nitrogens with one attached hydrogen (secondary N) is 1. The Hall–Kier alpha value is -1.18. The highest BCUT2D eigenvalue weighted by atomic mass is 16.5. The molecule has 0 aromatic heterocycles. The number of carbonyl (C=O) groups excluding carboxylic acids is 2. The number of ether oxygens (including phenoxy) is 1. The summed E-state index contributed by atoms with van der Waals surface area (Å²) in [7, 11) is 5.32. The van der Waals surface area contributed by atoms with Gasteiger partial charge in [0, 0.05) is 32.1 Å². The molecule has 1 fully saturated rings. The standard InChI is InChI=1S/C14H27N3O4/c1-16(2)8-11-7-12(18)9-17(11)10-13(19)15-6-4-5-14(20)21-3/h11-12,18H,4-10H2,1-3H3,(H,15,19). The Morgan fingerprint density at radius 2 is 2.14 bits per heavy atom. The lowest BCUT2D eigenvalue weighted by molar-refractivity contribution is -0.140. The Morgan fingerprint density at radius 1 is 1.43 bits per heavy atom. The molecule has 0 aromatic carbocycles. The number of esters is 1. The van der Waals surface area contributed by atoms with Gasteiger partial charge in [0.2, 0.25) is 5.91 Å². The number of β-amino-alcohol motifs (C(OH)–C–C–N with tert-alkyl or cyclic N) is 1. The highest BCUT2D eigenvalue weighted by Crippen LogP contribution is 2.17. The van der Waals surface area contributed by atoms with Gasteiger partial charge < -0.3 is 20.1 Å². The first-order valence-electron chi connectivity index (χ1n) is 7.32. The third kappa shape index (κ3) is 6.88. The smallest absolute Gasteiger partial charge is 0.305 e. The molecule has 0 aliphatic carbocycles. The van der Waals surface area contributed by atoms with Gasteiger partial charge in [0.05, 0.1) is 19.8 Å². The van der Waals surface area contributed by atoms with Crippen LogP contribution in [0.1, 0.15) is 19.3 Å². The monoisotopic (exact) mass is 301 g/mol. The van der Waals surface area contributed by atoms with Gasteiger partial charge in [-0.3, -0.25) is 14.5 Å². The predicted octanol–water partition coefficient (Wildman–Crippen LogP) is -0.947. The first-order chi connectivity index (χ1) is 9.92. The van der Waals surface area contributed by atoms with Gasteiger partial charge in [0.25, 0.3) is 0 Å². The van der Waals surface area contributed by atoms with E-state index in [9.17, 15) is 14.7 Å². The van der Waals surface area contributed by atoms with E-state index in [1.165, 1.54) is 7.11 Å². The predicted molar refractivity (Wildman–Crippen MR) is 78.8 cm³/mol. The molecule has 1 aliphatic rings. The number of likely N-dealkylation sites (tertiary alicyclic amines) is 1. The number of likely N-dealkylation sites (N-methyl/N-ethyl adjacent to an activating group) is 1. The normalized spacial score (nSPS) is 22.5. The van der Waals surface area contributed by atoms with E-state index in [4.69, 9.17) is 0 Å². The molecule has 21 heavy (non-hydrogen) atoms. The summed E-state index contributed by atoms with van der Waals surface area (Å²) in [6.07, 6.45) is 1.22. The molecule has 0 bridgehead atoms. The minimum absolute atomic E-state index is 0.0716. The Morgan fingerprint density at radius 3 is 2.76 bits per heavy atom. The zero-order chi connectivity index (χ0) is 15.8. The Labute approximate surface area is 126 Å². The molecule has 1 amide bonds. The lowest BCUT2D eigenvalue weighted by atomic mass is 10.2. The first kappa shape index (κ1) is 17.9. The molecule has 2 atom stereocenters. The van der Waals surface area contributed by atoms with Gasteiger partial charge in [-0.1, -0.05) is 0 Å². The molecule has 0 saturated carbocycles. The SMILES string of the molecule is COC(=O)CCCNC(=O)CN1CC(O)CC1CN(C)C. The van der Waals surface area contributed by atoms with Gasteiger partial charge in [-0.05, 0) is 26.9 Å². The number of rotatable bonds is 8. The number of carbonyl (C=O) groups is 2. The highest BCUT2D eigenvalue weighted by molar-refractivity contribution is 5.78. The summed E-state index contributed by atoms with van der Waals surface area (Å²) in [5.74, 6) is -0.337. The maximum atomic E-state index is 11.9. The highest BCUT2D eigenvalue weighted by Gasteiger charge is 2.32. The van der Waals surface area contributed by atoms with Crippen molar-refractivity contribution < 1.29 is 19.4 Å². The summed E-state index contributed by atoms with van der Waals surface area (Å²) in [6, 6.07) is 0.204. The third-order valence-corrected chi connectivity index (χ3v) is 3.54. The molecule has 2 N–H and O–H groups in total. The minimum atomic E-state index is -0.359. The van der Waals surface area contributed by atoms with Gasteiger partial charge in [-0.15, -0.1) is 0 Å². The molecule has 1 heterocycles. The van der Waals surface area contributed by atoms with E-state index < -0.39 is 0 Å². The molecule has 122 valence electrons. The number of methoxy groups -OCH3 is 1. The summed E-state index contributed by atoms with van der Waals surface area (Å²) in [4.78, 5) is 26.9. The second-order valence-electron chi connectivity index (χ2n) is 5.76. The van der Waals surface area contributed by atoms with Crippen molar-refractivity contribution in [3.8, 4) is 0 Å². The van der Waals surface area contributed by atoms with E-state index >= 15 is 0 Å². The van der Waals surface area contributed by atoms with E-state index in [-0.39, 0.29) is 30.6 Å². The van der Waals surface area contributed by atoms with E-state index in [1.54, 1.807) is 0 Å². The minimum Gasteiger partial charge on any atom is -0.469 e. The average Bonchev–Trinajstić information content (AvgIpc) is 2.73. The van der Waals surface area contributed by atoms with E-state index in [2.05, 4.69) is 15.0 Å². The van der Waals surface area contributed by atoms with Crippen LogP contribution in [-0.2, 0) is 14.3 Å². The molecule has 1 aliphatic heterocycles. The fourth-order valence-corrected chi connectivity index (χ4v) is 2.57. The third-order valence-electron chi connectivity index (χ3n) is 3.54. The second kappa shape index (κ2) is 8.96. The summed E-state index contributed by atoms with van der Waals surface area (Å²) in [6.45, 7) is 2.11. The number of nitrogens with zero attached hydrogens (tertiary/aromatic N) is 2. The van der Waals surface area contributed by atoms with Crippen molar-refractivity contribution >= 4 is 11.9 Å². The maximum absolute atomic E-state index is 11.9. The lowest BCUT2D eigenvalue weighted by Gasteiger charge is -2.26. The molecule has 1 rings (SSSR count). The Balaban J connectivity index is 2.27. The van der Waals surface area contributed by atoms with Gasteiger partial charge >= 0.3 is 5.97 Å². The topological polar surface area (TPSA) is 82.1 Å². The number of hydrogen-bond donors (Lipinski definition) is 2. The molecule has 1 saturated heterocycles. The van der Waals surface area contributed by atoms with Crippen LogP contribution in [0.25, 0.3) is 0 Å². The number of amides is 1. The maximum Gasteiger partial charge on any atom is 0.305 e. The van der Waals surface area contributed by atoms with Crippen LogP contribution in [0.4, 0.5) is 0 Å². The van der Waals surface area contributed by atoms with Crippen molar-refractivity contribution in [1.82, 2.24) is 15.1 Å². The van der Waals surface area contributed by atoms with Crippen molar-refractivity contribution in [2.75, 3.05) is 47.4 Å². The molecule has 7 nitrogen and oxygen atoms in total. The molecular weight excluding hydrogens is 274 g/mol. The van der Waals surface area contributed by atoms with Crippen LogP contribution < -0.4 is 5.32 Å². The largest absolute Gasteiger partial charge is 0.469 e. The van der Waals surface area contributed by atoms with E-state index in [1.807, 2.05) is 19.0 Å². The molecular formula is C14H27N3O4. The summed E-state index contributed by atoms with van der Waals surface area (Å²) in [5.41, 5.74) is 0. The fourth-order valence-electron chi connectivity index (χ4n) is 2.57. The number of aliphatic hydroxyl groups excluding tert-OH is 1. The average molecular weight is 301 g/mol. The number of hydrogen-bond acceptors (Lipinski definition) is 6. The summed E-state index contributed by atoms with van der Waals surface area (Å²) in [5, 5.41) is 12.5. The summed E-state index contributed by atoms with van der Waals surface area (Å²) < 4.78 is 4.54.